The zero-order chi connectivity index (χ0) is 22.5. The number of carbonyl (C=O) groups excluding carboxylic acids is 1. The molecule has 32 heavy (non-hydrogen) atoms. The summed E-state index contributed by atoms with van der Waals surface area (Å²) in [4.78, 5) is 15.3. The Kier molecular flexibility index (Phi) is 7.00. The van der Waals surface area contributed by atoms with Crippen molar-refractivity contribution in [3.05, 3.63) is 107 Å². The molecule has 1 fully saturated rings. The molecular formula is C27H29NO4. The van der Waals surface area contributed by atoms with Gasteiger partial charge in [0, 0.05) is 6.54 Å². The monoisotopic (exact) mass is 431 g/mol. The van der Waals surface area contributed by atoms with E-state index in [1.165, 1.54) is 0 Å². The maximum absolute atomic E-state index is 13.6. The fraction of sp³-hybridized carbons (Fsp3) is 0.296. The van der Waals surface area contributed by atoms with E-state index in [0.29, 0.717) is 18.5 Å². The van der Waals surface area contributed by atoms with Crippen LogP contribution in [0.4, 0.5) is 0 Å². The topological polar surface area (TPSA) is 81.0 Å². The van der Waals surface area contributed by atoms with Gasteiger partial charge in [-0.25, -0.2) is 0 Å². The Morgan fingerprint density at radius 2 is 1.44 bits per heavy atom. The third kappa shape index (κ3) is 4.91. The van der Waals surface area contributed by atoms with Crippen molar-refractivity contribution < 1.29 is 20.1 Å². The number of amides is 1. The van der Waals surface area contributed by atoms with E-state index in [1.807, 2.05) is 72.8 Å². The molecule has 1 aliphatic heterocycles. The van der Waals surface area contributed by atoms with Gasteiger partial charge < -0.3 is 20.2 Å². The van der Waals surface area contributed by atoms with Crippen LogP contribution < -0.4 is 0 Å². The Bertz CT molecular complexity index is 1010. The van der Waals surface area contributed by atoms with Gasteiger partial charge in [-0.3, -0.25) is 4.79 Å². The second-order valence-corrected chi connectivity index (χ2v) is 8.46. The number of aliphatic hydroxyl groups excluding tert-OH is 3. The van der Waals surface area contributed by atoms with E-state index in [9.17, 15) is 20.1 Å². The van der Waals surface area contributed by atoms with Crippen LogP contribution in [0.3, 0.4) is 0 Å². The lowest BCUT2D eigenvalue weighted by molar-refractivity contribution is -0.155. The van der Waals surface area contributed by atoms with Crippen molar-refractivity contribution in [2.24, 2.45) is 5.92 Å². The summed E-state index contributed by atoms with van der Waals surface area (Å²) in [5.41, 5.74) is 3.44. The van der Waals surface area contributed by atoms with E-state index in [1.54, 1.807) is 17.0 Å². The number of aliphatic hydroxyl groups is 3. The highest BCUT2D eigenvalue weighted by Gasteiger charge is 2.44. The van der Waals surface area contributed by atoms with Crippen LogP contribution in [-0.4, -0.2) is 38.3 Å². The molecule has 3 aromatic carbocycles. The number of hydrogen-bond donors (Lipinski definition) is 3. The second-order valence-electron chi connectivity index (χ2n) is 8.46. The van der Waals surface area contributed by atoms with Crippen LogP contribution in [0.5, 0.6) is 0 Å². The molecule has 3 N–H and O–H groups in total. The van der Waals surface area contributed by atoms with Crippen LogP contribution in [0.2, 0.25) is 0 Å². The second kappa shape index (κ2) is 10.1. The number of carbonyl (C=O) groups is 1. The third-order valence-electron chi connectivity index (χ3n) is 6.31. The number of rotatable bonds is 7. The first-order valence-corrected chi connectivity index (χ1v) is 11.0. The fourth-order valence-corrected chi connectivity index (χ4v) is 4.49. The average Bonchev–Trinajstić information content (AvgIpc) is 2.84. The molecule has 4 unspecified atom stereocenters. The number of likely N-dealkylation sites (tertiary alicyclic amines) is 1. The first-order chi connectivity index (χ1) is 15.6. The molecule has 0 saturated carbocycles. The third-order valence-corrected chi connectivity index (χ3v) is 6.31. The first kappa shape index (κ1) is 22.2. The van der Waals surface area contributed by atoms with Crippen LogP contribution >= 0.6 is 0 Å². The molecule has 1 aliphatic rings. The van der Waals surface area contributed by atoms with Gasteiger partial charge >= 0.3 is 0 Å². The van der Waals surface area contributed by atoms with E-state index < -0.39 is 18.1 Å². The van der Waals surface area contributed by atoms with E-state index in [0.717, 1.165) is 16.7 Å². The van der Waals surface area contributed by atoms with Crippen LogP contribution in [0.15, 0.2) is 84.9 Å². The smallest absolute Gasteiger partial charge is 0.229 e. The quantitative estimate of drug-likeness (QED) is 0.537. The molecule has 1 heterocycles. The zero-order valence-corrected chi connectivity index (χ0v) is 17.9. The molecule has 5 heteroatoms. The lowest BCUT2D eigenvalue weighted by atomic mass is 9.81. The Balaban J connectivity index is 1.63. The van der Waals surface area contributed by atoms with E-state index in [2.05, 4.69) is 0 Å². The summed E-state index contributed by atoms with van der Waals surface area (Å²) in [6, 6.07) is 26.0. The summed E-state index contributed by atoms with van der Waals surface area (Å²) in [5, 5.41) is 31.4. The molecule has 0 bridgehead atoms. The number of piperidine rings is 1. The van der Waals surface area contributed by atoms with Crippen LogP contribution in [-0.2, 0) is 24.4 Å². The summed E-state index contributed by atoms with van der Waals surface area (Å²) >= 11 is 0. The molecule has 0 aromatic heterocycles. The molecule has 4 atom stereocenters. The van der Waals surface area contributed by atoms with Gasteiger partial charge in [0.05, 0.1) is 30.8 Å². The highest BCUT2D eigenvalue weighted by atomic mass is 16.3. The van der Waals surface area contributed by atoms with Crippen molar-refractivity contribution in [2.45, 2.75) is 44.2 Å². The van der Waals surface area contributed by atoms with Crippen LogP contribution in [0.1, 0.15) is 34.8 Å². The molecule has 166 valence electrons. The fourth-order valence-electron chi connectivity index (χ4n) is 4.49. The van der Waals surface area contributed by atoms with Crippen LogP contribution in [0, 0.1) is 5.92 Å². The molecule has 0 aliphatic carbocycles. The minimum Gasteiger partial charge on any atom is -0.392 e. The van der Waals surface area contributed by atoms with Crippen molar-refractivity contribution in [2.75, 3.05) is 0 Å². The molecular weight excluding hydrogens is 402 g/mol. The highest BCUT2D eigenvalue weighted by Crippen LogP contribution is 2.35. The van der Waals surface area contributed by atoms with Gasteiger partial charge in [-0.1, -0.05) is 84.9 Å². The van der Waals surface area contributed by atoms with Crippen molar-refractivity contribution in [3.63, 3.8) is 0 Å². The predicted molar refractivity (Wildman–Crippen MR) is 122 cm³/mol. The minimum absolute atomic E-state index is 0.0381. The standard InChI is InChI=1S/C27H29NO4/c29-18-21-13-11-20(12-14-21)17-28-24(15-19-7-3-1-4-8-19)25(30)16-23(27(28)32)26(31)22-9-5-2-6-10-22/h1-14,23-26,29-31H,15-18H2. The van der Waals surface area contributed by atoms with Gasteiger partial charge in [0.2, 0.25) is 5.91 Å². The van der Waals surface area contributed by atoms with E-state index >= 15 is 0 Å². The molecule has 0 radical (unpaired) electrons. The van der Waals surface area contributed by atoms with E-state index in [-0.39, 0.29) is 25.0 Å². The normalized spacial score (nSPS) is 22.0. The molecule has 1 saturated heterocycles. The van der Waals surface area contributed by atoms with Gasteiger partial charge in [-0.05, 0) is 35.1 Å². The molecule has 1 amide bonds. The van der Waals surface area contributed by atoms with Gasteiger partial charge in [0.25, 0.3) is 0 Å². The first-order valence-electron chi connectivity index (χ1n) is 11.0. The molecule has 0 spiro atoms. The lowest BCUT2D eigenvalue weighted by Crippen LogP contribution is -2.56. The van der Waals surface area contributed by atoms with Gasteiger partial charge in [-0.15, -0.1) is 0 Å². The highest BCUT2D eigenvalue weighted by molar-refractivity contribution is 5.81. The maximum atomic E-state index is 13.6. The Labute approximate surface area is 188 Å². The van der Waals surface area contributed by atoms with Gasteiger partial charge in [0.15, 0.2) is 0 Å². The number of nitrogens with zero attached hydrogens (tertiary/aromatic N) is 1. The Morgan fingerprint density at radius 3 is 2.06 bits per heavy atom. The molecule has 5 nitrogen and oxygen atoms in total. The zero-order valence-electron chi connectivity index (χ0n) is 17.9. The van der Waals surface area contributed by atoms with Crippen molar-refractivity contribution in [3.8, 4) is 0 Å². The summed E-state index contributed by atoms with van der Waals surface area (Å²) < 4.78 is 0. The Morgan fingerprint density at radius 1 is 0.844 bits per heavy atom. The summed E-state index contributed by atoms with van der Waals surface area (Å²) in [6.45, 7) is 0.292. The van der Waals surface area contributed by atoms with E-state index in [4.69, 9.17) is 0 Å². The summed E-state index contributed by atoms with van der Waals surface area (Å²) in [5.74, 6) is -0.866. The SMILES string of the molecule is O=C1C(C(O)c2ccccc2)CC(O)C(Cc2ccccc2)N1Cc1ccc(CO)cc1. The average molecular weight is 432 g/mol. The van der Waals surface area contributed by atoms with Crippen molar-refractivity contribution in [1.29, 1.82) is 0 Å². The summed E-state index contributed by atoms with van der Waals surface area (Å²) in [6.07, 6.45) is -0.980. The molecule has 4 rings (SSSR count). The maximum Gasteiger partial charge on any atom is 0.229 e. The van der Waals surface area contributed by atoms with Gasteiger partial charge in [-0.2, -0.15) is 0 Å². The predicted octanol–water partition coefficient (Wildman–Crippen LogP) is 3.23. The lowest BCUT2D eigenvalue weighted by Gasteiger charge is -2.44. The largest absolute Gasteiger partial charge is 0.392 e. The summed E-state index contributed by atoms with van der Waals surface area (Å²) in [7, 11) is 0. The Hall–Kier alpha value is -2.99. The van der Waals surface area contributed by atoms with Crippen molar-refractivity contribution in [1.82, 2.24) is 4.90 Å². The minimum atomic E-state index is -0.977. The number of hydrogen-bond acceptors (Lipinski definition) is 4. The van der Waals surface area contributed by atoms with Crippen LogP contribution in [0.25, 0.3) is 0 Å². The molecule has 3 aromatic rings. The van der Waals surface area contributed by atoms with Gasteiger partial charge in [0.1, 0.15) is 0 Å². The number of benzene rings is 3. The van der Waals surface area contributed by atoms with Crippen molar-refractivity contribution >= 4 is 5.91 Å².